The van der Waals surface area contributed by atoms with Crippen LogP contribution in [0.4, 0.5) is 5.82 Å². The second-order valence-electron chi connectivity index (χ2n) is 5.55. The van der Waals surface area contributed by atoms with Gasteiger partial charge in [0, 0.05) is 13.0 Å². The average molecular weight is 279 g/mol. The van der Waals surface area contributed by atoms with Crippen LogP contribution in [0.15, 0.2) is 0 Å². The molecule has 1 aliphatic rings. The minimum absolute atomic E-state index is 0.255. The number of hydrogen-bond acceptors (Lipinski definition) is 4. The number of aryl methyl sites for hydroxylation is 1. The van der Waals surface area contributed by atoms with Gasteiger partial charge >= 0.3 is 5.97 Å². The molecule has 2 N–H and O–H groups in total. The third-order valence-electron chi connectivity index (χ3n) is 4.25. The lowest BCUT2D eigenvalue weighted by Crippen LogP contribution is -2.10. The van der Waals surface area contributed by atoms with Crippen molar-refractivity contribution in [2.24, 2.45) is 5.92 Å². The Morgan fingerprint density at radius 1 is 1.45 bits per heavy atom. The van der Waals surface area contributed by atoms with Crippen molar-refractivity contribution in [2.45, 2.75) is 58.4 Å². The van der Waals surface area contributed by atoms with Gasteiger partial charge in [0.05, 0.1) is 7.11 Å². The fourth-order valence-electron chi connectivity index (χ4n) is 3.12. The van der Waals surface area contributed by atoms with Crippen LogP contribution in [-0.4, -0.2) is 22.6 Å². The van der Waals surface area contributed by atoms with E-state index in [1.807, 2.05) is 11.5 Å². The molecule has 0 aromatic carbocycles. The molecule has 1 aliphatic carbocycles. The number of aromatic nitrogens is 2. The third kappa shape index (κ3) is 3.14. The number of anilines is 1. The fraction of sp³-hybridized carbons (Fsp3) is 0.733. The molecule has 1 heterocycles. The number of esters is 1. The summed E-state index contributed by atoms with van der Waals surface area (Å²) in [6, 6.07) is 0. The van der Waals surface area contributed by atoms with Crippen LogP contribution >= 0.6 is 0 Å². The Bertz CT molecular complexity index is 462. The lowest BCUT2D eigenvalue weighted by molar-refractivity contribution is 0.0595. The van der Waals surface area contributed by atoms with E-state index in [-0.39, 0.29) is 5.69 Å². The molecule has 1 saturated carbocycles. The highest BCUT2D eigenvalue weighted by atomic mass is 16.5. The van der Waals surface area contributed by atoms with Crippen molar-refractivity contribution in [3.8, 4) is 0 Å². The van der Waals surface area contributed by atoms with E-state index in [1.165, 1.54) is 39.2 Å². The summed E-state index contributed by atoms with van der Waals surface area (Å²) in [6.07, 6.45) is 8.61. The van der Waals surface area contributed by atoms with Crippen LogP contribution in [0, 0.1) is 5.92 Å². The number of hydrogen-bond donors (Lipinski definition) is 1. The maximum Gasteiger partial charge on any atom is 0.360 e. The zero-order valence-corrected chi connectivity index (χ0v) is 12.5. The zero-order chi connectivity index (χ0) is 14.5. The van der Waals surface area contributed by atoms with E-state index in [0.29, 0.717) is 5.82 Å². The lowest BCUT2D eigenvalue weighted by Gasteiger charge is -2.11. The summed E-state index contributed by atoms with van der Waals surface area (Å²) >= 11 is 0. The zero-order valence-electron chi connectivity index (χ0n) is 12.5. The number of nitrogens with two attached hydrogens (primary N) is 1. The molecule has 5 heteroatoms. The Morgan fingerprint density at radius 2 is 2.15 bits per heavy atom. The van der Waals surface area contributed by atoms with Crippen LogP contribution in [-0.2, 0) is 17.7 Å². The van der Waals surface area contributed by atoms with Crippen LogP contribution in [0.1, 0.15) is 61.8 Å². The van der Waals surface area contributed by atoms with Gasteiger partial charge in [0.25, 0.3) is 0 Å². The molecule has 5 nitrogen and oxygen atoms in total. The standard InChI is InChI=1S/C15H25N3O2/c1-3-12-17-13(15(19)20-2)14(16)18(12)10-6-9-11-7-4-5-8-11/h11H,3-10,16H2,1-2H3. The van der Waals surface area contributed by atoms with Gasteiger partial charge in [-0.3, -0.25) is 0 Å². The van der Waals surface area contributed by atoms with Gasteiger partial charge in [0.15, 0.2) is 5.69 Å². The van der Waals surface area contributed by atoms with E-state index in [9.17, 15) is 4.79 Å². The van der Waals surface area contributed by atoms with Crippen molar-refractivity contribution in [1.29, 1.82) is 0 Å². The van der Waals surface area contributed by atoms with Gasteiger partial charge in [-0.1, -0.05) is 32.6 Å². The first-order chi connectivity index (χ1) is 9.67. The summed E-state index contributed by atoms with van der Waals surface area (Å²) in [4.78, 5) is 15.9. The highest BCUT2D eigenvalue weighted by Gasteiger charge is 2.20. The van der Waals surface area contributed by atoms with Crippen molar-refractivity contribution in [3.05, 3.63) is 11.5 Å². The van der Waals surface area contributed by atoms with Crippen LogP contribution in [0.25, 0.3) is 0 Å². The van der Waals surface area contributed by atoms with Crippen molar-refractivity contribution in [2.75, 3.05) is 12.8 Å². The minimum Gasteiger partial charge on any atom is -0.464 e. The molecule has 1 aromatic rings. The highest BCUT2D eigenvalue weighted by molar-refractivity contribution is 5.92. The minimum atomic E-state index is -0.452. The van der Waals surface area contributed by atoms with Gasteiger partial charge in [-0.05, 0) is 18.8 Å². The van der Waals surface area contributed by atoms with E-state index in [1.54, 1.807) is 0 Å². The second kappa shape index (κ2) is 6.77. The van der Waals surface area contributed by atoms with Crippen molar-refractivity contribution in [1.82, 2.24) is 9.55 Å². The second-order valence-corrected chi connectivity index (χ2v) is 5.55. The summed E-state index contributed by atoms with van der Waals surface area (Å²) < 4.78 is 6.69. The number of carbonyl (C=O) groups is 1. The molecule has 0 amide bonds. The van der Waals surface area contributed by atoms with Gasteiger partial charge in [0.1, 0.15) is 11.6 Å². The van der Waals surface area contributed by atoms with E-state index >= 15 is 0 Å². The first-order valence-corrected chi connectivity index (χ1v) is 7.60. The van der Waals surface area contributed by atoms with Gasteiger partial charge in [-0.15, -0.1) is 0 Å². The molecule has 0 saturated heterocycles. The Hall–Kier alpha value is -1.52. The largest absolute Gasteiger partial charge is 0.464 e. The molecule has 1 aromatic heterocycles. The smallest absolute Gasteiger partial charge is 0.360 e. The number of carbonyl (C=O) groups excluding carboxylic acids is 1. The van der Waals surface area contributed by atoms with Crippen molar-refractivity contribution in [3.63, 3.8) is 0 Å². The average Bonchev–Trinajstić information content (AvgIpc) is 3.07. The number of methoxy groups -OCH3 is 1. The van der Waals surface area contributed by atoms with Crippen LogP contribution in [0.3, 0.4) is 0 Å². The van der Waals surface area contributed by atoms with Crippen molar-refractivity contribution >= 4 is 11.8 Å². The van der Waals surface area contributed by atoms with Gasteiger partial charge in [-0.2, -0.15) is 0 Å². The summed E-state index contributed by atoms with van der Waals surface area (Å²) in [5, 5.41) is 0. The van der Waals surface area contributed by atoms with Gasteiger partial charge in [-0.25, -0.2) is 9.78 Å². The molecule has 1 fully saturated rings. The molecule has 0 spiro atoms. The van der Waals surface area contributed by atoms with Gasteiger partial charge in [0.2, 0.25) is 0 Å². The summed E-state index contributed by atoms with van der Waals surface area (Å²) in [5.74, 6) is 1.74. The first-order valence-electron chi connectivity index (χ1n) is 7.60. The monoisotopic (exact) mass is 279 g/mol. The lowest BCUT2D eigenvalue weighted by atomic mass is 10.0. The maximum absolute atomic E-state index is 11.6. The number of ether oxygens (including phenoxy) is 1. The number of nitrogens with zero attached hydrogens (tertiary/aromatic N) is 2. The normalized spacial score (nSPS) is 15.7. The topological polar surface area (TPSA) is 70.1 Å². The molecule has 112 valence electrons. The quantitative estimate of drug-likeness (QED) is 0.813. The molecule has 0 atom stereocenters. The molecule has 0 bridgehead atoms. The molecular formula is C15H25N3O2. The molecule has 0 aliphatic heterocycles. The molecule has 20 heavy (non-hydrogen) atoms. The molecular weight excluding hydrogens is 254 g/mol. The molecule has 2 rings (SSSR count). The SMILES string of the molecule is CCc1nc(C(=O)OC)c(N)n1CCCC1CCCC1. The fourth-order valence-corrected chi connectivity index (χ4v) is 3.12. The predicted octanol–water partition coefficient (Wildman–Crippen LogP) is 2.78. The van der Waals surface area contributed by atoms with Crippen LogP contribution in [0.5, 0.6) is 0 Å². The number of nitrogen functional groups attached to an aromatic ring is 1. The number of imidazole rings is 1. The Kier molecular flexibility index (Phi) is 5.04. The summed E-state index contributed by atoms with van der Waals surface area (Å²) in [7, 11) is 1.35. The Labute approximate surface area is 120 Å². The molecule has 0 radical (unpaired) electrons. The number of rotatable bonds is 6. The summed E-state index contributed by atoms with van der Waals surface area (Å²) in [5.41, 5.74) is 6.30. The maximum atomic E-state index is 11.6. The van der Waals surface area contributed by atoms with Gasteiger partial charge < -0.3 is 15.0 Å². The molecule has 0 unspecified atom stereocenters. The van der Waals surface area contributed by atoms with E-state index in [2.05, 4.69) is 4.98 Å². The summed E-state index contributed by atoms with van der Waals surface area (Å²) in [6.45, 7) is 2.87. The van der Waals surface area contributed by atoms with Crippen LogP contribution < -0.4 is 5.73 Å². The van der Waals surface area contributed by atoms with E-state index < -0.39 is 5.97 Å². The van der Waals surface area contributed by atoms with Crippen LogP contribution in [0.2, 0.25) is 0 Å². The van der Waals surface area contributed by atoms with E-state index in [4.69, 9.17) is 10.5 Å². The Balaban J connectivity index is 2.01. The predicted molar refractivity (Wildman–Crippen MR) is 78.5 cm³/mol. The first kappa shape index (κ1) is 14.9. The van der Waals surface area contributed by atoms with E-state index in [0.717, 1.165) is 31.1 Å². The van der Waals surface area contributed by atoms with Crippen molar-refractivity contribution < 1.29 is 9.53 Å². The highest BCUT2D eigenvalue weighted by Crippen LogP contribution is 2.29. The third-order valence-corrected chi connectivity index (χ3v) is 4.25. The Morgan fingerprint density at radius 3 is 2.75 bits per heavy atom.